The molecule has 0 aliphatic carbocycles. The van der Waals surface area contributed by atoms with Crippen LogP contribution in [-0.4, -0.2) is 18.0 Å². The summed E-state index contributed by atoms with van der Waals surface area (Å²) in [6, 6.07) is 0. The van der Waals surface area contributed by atoms with Gasteiger partial charge in [0.15, 0.2) is 0 Å². The molecule has 3 N–H and O–H groups in total. The van der Waals surface area contributed by atoms with E-state index < -0.39 is 7.82 Å². The molecule has 6 heteroatoms. The Hall–Kier alpha value is 0.0700. The third kappa shape index (κ3) is 28.4. The van der Waals surface area contributed by atoms with Gasteiger partial charge in [0, 0.05) is 0 Å². The van der Waals surface area contributed by atoms with Crippen molar-refractivity contribution >= 4 is 7.82 Å². The van der Waals surface area contributed by atoms with Gasteiger partial charge < -0.3 is 20.0 Å². The second kappa shape index (κ2) is 22.4. The topological polar surface area (TPSA) is 95.6 Å². The first-order valence-corrected chi connectivity index (χ1v) is 12.8. The Kier molecular flexibility index (Phi) is 24.2. The maximum Gasteiger partial charge on any atom is 0.265 e. The van der Waals surface area contributed by atoms with E-state index in [0.717, 1.165) is 25.3 Å². The van der Waals surface area contributed by atoms with Crippen LogP contribution < -0.4 is 10.6 Å². The van der Waals surface area contributed by atoms with E-state index in [1.54, 1.807) is 0 Å². The van der Waals surface area contributed by atoms with Crippen molar-refractivity contribution in [3.05, 3.63) is 0 Å². The predicted molar refractivity (Wildman–Crippen MR) is 115 cm³/mol. The number of rotatable bonds is 18. The summed E-state index contributed by atoms with van der Waals surface area (Å²) >= 11 is 0. The first-order chi connectivity index (χ1) is 12.9. The molecule has 5 nitrogen and oxygen atoms in total. The Bertz CT molecular complexity index is 319. The van der Waals surface area contributed by atoms with Crippen molar-refractivity contribution in [2.24, 2.45) is 11.7 Å². The van der Waals surface area contributed by atoms with Crippen molar-refractivity contribution in [1.82, 2.24) is 0 Å². The number of nitrogens with two attached hydrogens (primary N) is 1. The minimum Gasteiger partial charge on any atom is -0.756 e. The van der Waals surface area contributed by atoms with Crippen LogP contribution in [0.15, 0.2) is 0 Å². The average Bonchev–Trinajstić information content (AvgIpc) is 2.63. The third-order valence-corrected chi connectivity index (χ3v) is 5.39. The van der Waals surface area contributed by atoms with E-state index in [9.17, 15) is 9.46 Å². The number of hydrogen-bond acceptors (Lipinski definition) is 4. The molecule has 0 saturated heterocycles. The Balaban J connectivity index is 0. The lowest BCUT2D eigenvalue weighted by molar-refractivity contribution is -0.219. The lowest BCUT2D eigenvalue weighted by atomic mass is 10.00. The predicted octanol–water partition coefficient (Wildman–Crippen LogP) is 5.94. The van der Waals surface area contributed by atoms with Crippen LogP contribution in [0.25, 0.3) is 0 Å². The highest BCUT2D eigenvalue weighted by Gasteiger charge is 2.01. The molecule has 27 heavy (non-hydrogen) atoms. The van der Waals surface area contributed by atoms with Crippen LogP contribution in [-0.2, 0) is 9.09 Å². The molecule has 0 aromatic carbocycles. The standard InChI is InChI=1S/C13H29O4P.C8H19N/c1-2-3-4-5-6-7-8-9-10-11-12-13-17-18(14,15)16;1-3-5-6-8(4-2)7-9/h2-13H2,1H3,(H2,14,15,16);8H,3-7,9H2,1-2H3/p-1. The van der Waals surface area contributed by atoms with E-state index >= 15 is 0 Å². The van der Waals surface area contributed by atoms with Crippen LogP contribution in [0.4, 0.5) is 0 Å². The summed E-state index contributed by atoms with van der Waals surface area (Å²) in [6.45, 7) is 7.65. The van der Waals surface area contributed by atoms with E-state index in [2.05, 4.69) is 25.3 Å². The highest BCUT2D eigenvalue weighted by atomic mass is 31.2. The Labute approximate surface area is 169 Å². The fraction of sp³-hybridized carbons (Fsp3) is 1.00. The van der Waals surface area contributed by atoms with Crippen LogP contribution in [0.2, 0.25) is 0 Å². The first-order valence-electron chi connectivity index (χ1n) is 11.3. The van der Waals surface area contributed by atoms with Gasteiger partial charge in [0.25, 0.3) is 7.82 Å². The zero-order valence-corrected chi connectivity index (χ0v) is 19.2. The van der Waals surface area contributed by atoms with Gasteiger partial charge >= 0.3 is 0 Å². The number of hydrogen-bond donors (Lipinski definition) is 2. The van der Waals surface area contributed by atoms with Crippen LogP contribution >= 0.6 is 7.82 Å². The van der Waals surface area contributed by atoms with E-state index in [4.69, 9.17) is 10.6 Å². The summed E-state index contributed by atoms with van der Waals surface area (Å²) in [5, 5.41) is 0. The molecule has 2 atom stereocenters. The van der Waals surface area contributed by atoms with Crippen molar-refractivity contribution in [3.63, 3.8) is 0 Å². The van der Waals surface area contributed by atoms with Gasteiger partial charge in [0.2, 0.25) is 0 Å². The van der Waals surface area contributed by atoms with Gasteiger partial charge in [0.1, 0.15) is 0 Å². The molecule has 0 bridgehead atoms. The molecule has 0 aliphatic heterocycles. The summed E-state index contributed by atoms with van der Waals surface area (Å²) in [5.74, 6) is 0.782. The maximum absolute atomic E-state index is 10.3. The Morgan fingerprint density at radius 2 is 1.30 bits per heavy atom. The lowest BCUT2D eigenvalue weighted by Crippen LogP contribution is -2.12. The van der Waals surface area contributed by atoms with Crippen LogP contribution in [0.1, 0.15) is 117 Å². The molecule has 0 aliphatic rings. The van der Waals surface area contributed by atoms with Gasteiger partial charge in [-0.3, -0.25) is 4.57 Å². The number of phosphoric ester groups is 1. The monoisotopic (exact) mass is 408 g/mol. The molecule has 2 unspecified atom stereocenters. The minimum atomic E-state index is -4.50. The molecule has 0 radical (unpaired) electrons. The van der Waals surface area contributed by atoms with Crippen molar-refractivity contribution in [2.45, 2.75) is 117 Å². The minimum absolute atomic E-state index is 0.105. The van der Waals surface area contributed by atoms with Crippen molar-refractivity contribution in [1.29, 1.82) is 0 Å². The molecule has 0 saturated carbocycles. The zero-order chi connectivity index (χ0) is 20.8. The molecule has 0 fully saturated rings. The molecule has 0 rings (SSSR count). The largest absolute Gasteiger partial charge is 0.756 e. The van der Waals surface area contributed by atoms with Crippen molar-refractivity contribution in [3.8, 4) is 0 Å². The van der Waals surface area contributed by atoms with Gasteiger partial charge in [-0.2, -0.15) is 0 Å². The van der Waals surface area contributed by atoms with Gasteiger partial charge in [0.05, 0.1) is 6.61 Å². The molecule has 0 spiro atoms. The van der Waals surface area contributed by atoms with Gasteiger partial charge in [-0.15, -0.1) is 0 Å². The molecule has 0 heterocycles. The van der Waals surface area contributed by atoms with E-state index in [-0.39, 0.29) is 6.61 Å². The fourth-order valence-electron chi connectivity index (χ4n) is 2.93. The smallest absolute Gasteiger partial charge is 0.265 e. The second-order valence-electron chi connectivity index (χ2n) is 7.49. The SMILES string of the molecule is CCCCC(CC)CN.CCCCCCCCCCCCCOP(=O)([O-])O. The van der Waals surface area contributed by atoms with E-state index in [0.29, 0.717) is 6.42 Å². The van der Waals surface area contributed by atoms with E-state index in [1.165, 1.54) is 77.0 Å². The zero-order valence-electron chi connectivity index (χ0n) is 18.3. The normalized spacial score (nSPS) is 14.3. The van der Waals surface area contributed by atoms with Crippen LogP contribution in [0, 0.1) is 5.92 Å². The molecule has 0 aromatic heterocycles. The summed E-state index contributed by atoms with van der Waals surface area (Å²) in [7, 11) is -4.50. The Morgan fingerprint density at radius 1 is 0.852 bits per heavy atom. The van der Waals surface area contributed by atoms with Crippen molar-refractivity contribution < 1.29 is 18.9 Å². The Morgan fingerprint density at radius 3 is 1.67 bits per heavy atom. The highest BCUT2D eigenvalue weighted by molar-refractivity contribution is 7.44. The quantitative estimate of drug-likeness (QED) is 0.216. The molecular weight excluding hydrogens is 361 g/mol. The van der Waals surface area contributed by atoms with Crippen LogP contribution in [0.5, 0.6) is 0 Å². The summed E-state index contributed by atoms with van der Waals surface area (Å²) < 4.78 is 14.5. The molecule has 0 aromatic rings. The van der Waals surface area contributed by atoms with Gasteiger partial charge in [-0.25, -0.2) is 0 Å². The number of unbranched alkanes of at least 4 members (excludes halogenated alkanes) is 11. The fourth-order valence-corrected chi connectivity index (χ4v) is 3.29. The summed E-state index contributed by atoms with van der Waals surface area (Å²) in [4.78, 5) is 18.6. The second-order valence-corrected chi connectivity index (χ2v) is 8.68. The van der Waals surface area contributed by atoms with Crippen LogP contribution in [0.3, 0.4) is 0 Å². The maximum atomic E-state index is 10.3. The lowest BCUT2D eigenvalue weighted by Gasteiger charge is -2.14. The molecule has 166 valence electrons. The summed E-state index contributed by atoms with van der Waals surface area (Å²) in [6.07, 6.45) is 18.5. The first kappa shape index (κ1) is 29.3. The highest BCUT2D eigenvalue weighted by Crippen LogP contribution is 2.30. The third-order valence-electron chi connectivity index (χ3n) is 4.88. The van der Waals surface area contributed by atoms with Crippen molar-refractivity contribution in [2.75, 3.05) is 13.2 Å². The van der Waals surface area contributed by atoms with E-state index in [1.807, 2.05) is 0 Å². The average molecular weight is 409 g/mol. The molecule has 0 amide bonds. The van der Waals surface area contributed by atoms with Gasteiger partial charge in [-0.1, -0.05) is 104 Å². The number of phosphoric acid groups is 1. The van der Waals surface area contributed by atoms with Gasteiger partial charge in [-0.05, 0) is 25.3 Å². The summed E-state index contributed by atoms with van der Waals surface area (Å²) in [5.41, 5.74) is 5.52. The molecular formula is C21H47NO4P-.